The maximum atomic E-state index is 13.2. The Kier molecular flexibility index (Phi) is 25.3. The van der Waals surface area contributed by atoms with E-state index in [1.54, 1.807) is 0 Å². The Morgan fingerprint density at radius 1 is 0.475 bits per heavy atom. The molecule has 4 atom stereocenters. The van der Waals surface area contributed by atoms with Gasteiger partial charge in [0, 0.05) is 48.0 Å². The van der Waals surface area contributed by atoms with Gasteiger partial charge in [-0.15, -0.1) is 5.48 Å². The van der Waals surface area contributed by atoms with E-state index < -0.39 is 72.3 Å². The lowest BCUT2D eigenvalue weighted by Crippen LogP contribution is -2.61. The van der Waals surface area contributed by atoms with Crippen LogP contribution < -0.4 is 5.48 Å². The van der Waals surface area contributed by atoms with Gasteiger partial charge in [-0.05, 0) is 79.1 Å². The maximum absolute atomic E-state index is 13.2. The molecule has 1 heterocycles. The topological polar surface area (TPSA) is 232 Å². The van der Waals surface area contributed by atoms with E-state index in [9.17, 15) is 38.4 Å². The smallest absolute Gasteiger partial charge is 0.333 e. The fraction of sp³-hybridized carbons (Fsp3) is 0.610. The van der Waals surface area contributed by atoms with Crippen molar-refractivity contribution in [3.8, 4) is 0 Å². The summed E-state index contributed by atoms with van der Waals surface area (Å²) in [4.78, 5) is 104. The molecule has 0 saturated carbocycles. The average Bonchev–Trinajstić information content (AvgIpc) is 3.17. The summed E-state index contributed by atoms with van der Waals surface area (Å²) in [7, 11) is 0. The Morgan fingerprint density at radius 2 is 0.797 bits per heavy atom. The largest absolute Gasteiger partial charge is 0.462 e. The molecular formula is C41H59NO17. The molecule has 0 aromatic carbocycles. The second kappa shape index (κ2) is 28.9. The molecular weight excluding hydrogens is 778 g/mol. The molecule has 0 aromatic heterocycles. The van der Waals surface area contributed by atoms with Gasteiger partial charge in [-0.25, -0.2) is 19.2 Å². The van der Waals surface area contributed by atoms with Gasteiger partial charge in [0.15, 0.2) is 24.5 Å². The predicted octanol–water partition coefficient (Wildman–Crippen LogP) is 4.28. The molecule has 1 rings (SSSR count). The molecule has 0 bridgehead atoms. The Balaban J connectivity index is 3.13. The summed E-state index contributed by atoms with van der Waals surface area (Å²) in [5, 5.41) is 0. The van der Waals surface area contributed by atoms with Crippen LogP contribution in [0.5, 0.6) is 0 Å². The van der Waals surface area contributed by atoms with E-state index in [-0.39, 0.29) is 107 Å². The first kappa shape index (κ1) is 51.7. The zero-order valence-corrected chi connectivity index (χ0v) is 34.6. The highest BCUT2D eigenvalue weighted by Crippen LogP contribution is 2.25. The van der Waals surface area contributed by atoms with Gasteiger partial charge in [0.2, 0.25) is 0 Å². The lowest BCUT2D eigenvalue weighted by Gasteiger charge is -2.40. The Hall–Kier alpha value is -5.36. The molecule has 1 fully saturated rings. The molecule has 59 heavy (non-hydrogen) atoms. The van der Waals surface area contributed by atoms with E-state index in [1.165, 1.54) is 27.7 Å². The highest BCUT2D eigenvalue weighted by atomic mass is 16.7. The van der Waals surface area contributed by atoms with Crippen molar-refractivity contribution in [1.29, 1.82) is 0 Å². The fourth-order valence-corrected chi connectivity index (χ4v) is 4.71. The number of unbranched alkanes of at least 4 members (excludes halogenated alkanes) is 4. The lowest BCUT2D eigenvalue weighted by molar-refractivity contribution is -0.248. The molecule has 1 N–H and O–H groups in total. The molecule has 0 aliphatic carbocycles. The number of esters is 7. The number of carbonyl (C=O) groups is 8. The molecule has 18 nitrogen and oxygen atoms in total. The summed E-state index contributed by atoms with van der Waals surface area (Å²) in [5.41, 5.74) is 3.33. The van der Waals surface area contributed by atoms with Crippen molar-refractivity contribution in [1.82, 2.24) is 5.48 Å². The zero-order chi connectivity index (χ0) is 44.3. The summed E-state index contributed by atoms with van der Waals surface area (Å²) in [6, 6.07) is 0. The minimum absolute atomic E-state index is 0.0168. The normalized spacial score (nSPS) is 16.9. The van der Waals surface area contributed by atoms with Gasteiger partial charge in [-0.3, -0.25) is 19.2 Å². The van der Waals surface area contributed by atoms with Crippen LogP contribution in [0, 0.1) is 0 Å². The van der Waals surface area contributed by atoms with Gasteiger partial charge in [0.05, 0.1) is 33.0 Å². The van der Waals surface area contributed by atoms with Crippen LogP contribution in [-0.2, 0) is 81.1 Å². The van der Waals surface area contributed by atoms with Gasteiger partial charge in [0.1, 0.15) is 0 Å². The molecule has 0 aromatic rings. The Morgan fingerprint density at radius 3 is 1.15 bits per heavy atom. The van der Waals surface area contributed by atoms with Gasteiger partial charge in [-0.1, -0.05) is 26.3 Å². The molecule has 4 unspecified atom stereocenters. The number of hydrogen-bond donors (Lipinski definition) is 1. The van der Waals surface area contributed by atoms with Crippen LogP contribution in [0.3, 0.4) is 0 Å². The van der Waals surface area contributed by atoms with Crippen LogP contribution in [0.25, 0.3) is 0 Å². The summed E-state index contributed by atoms with van der Waals surface area (Å²) >= 11 is 0. The predicted molar refractivity (Wildman–Crippen MR) is 207 cm³/mol. The molecule has 330 valence electrons. The van der Waals surface area contributed by atoms with Crippen LogP contribution in [0.2, 0.25) is 0 Å². The first-order valence-electron chi connectivity index (χ1n) is 19.4. The standard InChI is InChI=1S/C41H59NO17/c1-26(2)38(47)51-21-13-9-17-31(43)56-30-25-55-37(42-59-34(46)20-12-16-24-54-41(50)29(7)8)36(58-33(45)19-11-15-23-53-40(49)28(5)6)35(30)57-32(44)18-10-14-22-52-39(48)27(3)4/h30,35-37,42H,1,3,5,7,9-25H2,2,4,6,8H3. The lowest BCUT2D eigenvalue weighted by atomic mass is 10.0. The number of ether oxygens (including phenoxy) is 8. The first-order chi connectivity index (χ1) is 27.9. The summed E-state index contributed by atoms with van der Waals surface area (Å²) in [6.45, 7) is 19.8. The third-order valence-corrected chi connectivity index (χ3v) is 7.96. The molecule has 0 spiro atoms. The molecule has 18 heteroatoms. The van der Waals surface area contributed by atoms with Crippen LogP contribution in [0.15, 0.2) is 48.6 Å². The second-order valence-corrected chi connectivity index (χ2v) is 13.8. The number of hydrogen-bond acceptors (Lipinski definition) is 18. The first-order valence-corrected chi connectivity index (χ1v) is 19.4. The Labute approximate surface area is 344 Å². The van der Waals surface area contributed by atoms with Gasteiger partial charge < -0.3 is 42.7 Å². The SMILES string of the molecule is C=C(C)C(=O)OCCCCC(=O)ONC1OCC(OC(=O)CCCCOC(=O)C(=C)C)C(OC(=O)CCCCOC(=O)C(=C)C)C1OC(=O)CCCCOC(=O)C(=C)C. The zero-order valence-electron chi connectivity index (χ0n) is 34.6. The van der Waals surface area contributed by atoms with E-state index >= 15 is 0 Å². The van der Waals surface area contributed by atoms with E-state index in [0.717, 1.165) is 0 Å². The molecule has 0 radical (unpaired) electrons. The highest BCUT2D eigenvalue weighted by molar-refractivity contribution is 5.88. The van der Waals surface area contributed by atoms with Crippen molar-refractivity contribution in [2.45, 2.75) is 129 Å². The van der Waals surface area contributed by atoms with E-state index in [2.05, 4.69) is 31.8 Å². The van der Waals surface area contributed by atoms with E-state index in [4.69, 9.17) is 42.7 Å². The quantitative estimate of drug-likeness (QED) is 0.0364. The highest BCUT2D eigenvalue weighted by Gasteiger charge is 2.48. The van der Waals surface area contributed by atoms with Crippen LogP contribution >= 0.6 is 0 Å². The van der Waals surface area contributed by atoms with Crippen LogP contribution in [-0.4, -0.2) is 105 Å². The third-order valence-electron chi connectivity index (χ3n) is 7.96. The molecule has 1 saturated heterocycles. The van der Waals surface area contributed by atoms with Crippen LogP contribution in [0.4, 0.5) is 0 Å². The average molecular weight is 838 g/mol. The Bertz CT molecular complexity index is 1520. The summed E-state index contributed by atoms with van der Waals surface area (Å²) in [6.07, 6.45) is -3.93. The molecule has 0 amide bonds. The van der Waals surface area contributed by atoms with Crippen LogP contribution in [0.1, 0.15) is 105 Å². The number of carbonyl (C=O) groups excluding carboxylic acids is 8. The van der Waals surface area contributed by atoms with Crippen molar-refractivity contribution in [2.75, 3.05) is 33.0 Å². The number of rotatable bonds is 29. The van der Waals surface area contributed by atoms with Crippen molar-refractivity contribution >= 4 is 47.8 Å². The third kappa shape index (κ3) is 23.0. The van der Waals surface area contributed by atoms with Crippen molar-refractivity contribution < 1.29 is 81.1 Å². The molecule has 1 aliphatic rings. The van der Waals surface area contributed by atoms with Gasteiger partial charge in [0.25, 0.3) is 0 Å². The molecule has 1 aliphatic heterocycles. The number of hydroxylamine groups is 1. The van der Waals surface area contributed by atoms with E-state index in [0.29, 0.717) is 25.7 Å². The second-order valence-electron chi connectivity index (χ2n) is 13.8. The maximum Gasteiger partial charge on any atom is 0.333 e. The minimum atomic E-state index is -1.52. The van der Waals surface area contributed by atoms with Crippen molar-refractivity contribution in [3.63, 3.8) is 0 Å². The van der Waals surface area contributed by atoms with Crippen molar-refractivity contribution in [3.05, 3.63) is 48.6 Å². The summed E-state index contributed by atoms with van der Waals surface area (Å²) in [5.74, 6) is -5.29. The van der Waals surface area contributed by atoms with Gasteiger partial charge in [-0.2, -0.15) is 0 Å². The minimum Gasteiger partial charge on any atom is -0.462 e. The fourth-order valence-electron chi connectivity index (χ4n) is 4.71. The van der Waals surface area contributed by atoms with Gasteiger partial charge >= 0.3 is 47.8 Å². The van der Waals surface area contributed by atoms with E-state index in [1.807, 2.05) is 0 Å². The number of nitrogens with one attached hydrogen (secondary N) is 1. The monoisotopic (exact) mass is 837 g/mol. The van der Waals surface area contributed by atoms with Crippen molar-refractivity contribution in [2.24, 2.45) is 0 Å². The summed E-state index contributed by atoms with van der Waals surface area (Å²) < 4.78 is 43.2.